The monoisotopic (exact) mass is 444 g/mol. The van der Waals surface area contributed by atoms with Crippen LogP contribution in [0.25, 0.3) is 0 Å². The van der Waals surface area contributed by atoms with Crippen LogP contribution in [0.2, 0.25) is 0 Å². The molecule has 0 amide bonds. The minimum Gasteiger partial charge on any atom is -0.280 e. The van der Waals surface area contributed by atoms with Crippen LogP contribution in [0, 0.1) is 27.7 Å². The smallest absolute Gasteiger partial charge is 0.261 e. The van der Waals surface area contributed by atoms with Crippen molar-refractivity contribution in [3.8, 4) is 0 Å². The van der Waals surface area contributed by atoms with Gasteiger partial charge in [-0.05, 0) is 92.4 Å². The second-order valence-electron chi connectivity index (χ2n) is 7.44. The van der Waals surface area contributed by atoms with Crippen LogP contribution in [-0.4, -0.2) is 16.8 Å². The Morgan fingerprint density at radius 1 is 0.533 bits per heavy atom. The summed E-state index contributed by atoms with van der Waals surface area (Å²) in [6, 6.07) is 16.3. The summed E-state index contributed by atoms with van der Waals surface area (Å²) in [5, 5.41) is 0. The van der Waals surface area contributed by atoms with E-state index in [1.165, 1.54) is 6.07 Å². The topological polar surface area (TPSA) is 92.3 Å². The molecule has 6 nitrogen and oxygen atoms in total. The Bertz CT molecular complexity index is 1180. The van der Waals surface area contributed by atoms with E-state index in [2.05, 4.69) is 9.44 Å². The molecule has 2 N–H and O–H groups in total. The normalized spacial score (nSPS) is 11.9. The Morgan fingerprint density at radius 2 is 0.867 bits per heavy atom. The highest BCUT2D eigenvalue weighted by Gasteiger charge is 2.18. The molecule has 0 aromatic heterocycles. The van der Waals surface area contributed by atoms with E-state index in [0.717, 1.165) is 22.3 Å². The lowest BCUT2D eigenvalue weighted by Gasteiger charge is -2.13. The second-order valence-corrected chi connectivity index (χ2v) is 10.8. The number of nitrogens with one attached hydrogen (secondary N) is 2. The first-order valence-electron chi connectivity index (χ1n) is 9.27. The number of sulfonamides is 2. The van der Waals surface area contributed by atoms with Crippen molar-refractivity contribution in [2.24, 2.45) is 0 Å². The van der Waals surface area contributed by atoms with E-state index in [1.54, 1.807) is 42.5 Å². The van der Waals surface area contributed by atoms with Gasteiger partial charge in [-0.25, -0.2) is 16.8 Å². The average molecular weight is 445 g/mol. The molecule has 30 heavy (non-hydrogen) atoms. The van der Waals surface area contributed by atoms with Gasteiger partial charge in [0.2, 0.25) is 0 Å². The SMILES string of the molecule is Cc1cc(C)cc(S(=O)(=O)Nc2cccc(NS(=O)(=O)c3cc(C)cc(C)c3)c2)c1. The van der Waals surface area contributed by atoms with Gasteiger partial charge in [-0.2, -0.15) is 0 Å². The summed E-state index contributed by atoms with van der Waals surface area (Å²) in [4.78, 5) is 0.308. The van der Waals surface area contributed by atoms with E-state index in [9.17, 15) is 16.8 Å². The van der Waals surface area contributed by atoms with Crippen LogP contribution in [0.3, 0.4) is 0 Å². The largest absolute Gasteiger partial charge is 0.280 e. The number of benzene rings is 3. The number of aryl methyl sites for hydroxylation is 4. The highest BCUT2D eigenvalue weighted by atomic mass is 32.2. The van der Waals surface area contributed by atoms with Crippen molar-refractivity contribution >= 4 is 31.4 Å². The molecule has 0 heterocycles. The Kier molecular flexibility index (Phi) is 5.92. The summed E-state index contributed by atoms with van der Waals surface area (Å²) in [5.41, 5.74) is 3.87. The molecule has 0 atom stereocenters. The molecule has 0 aliphatic heterocycles. The molecular formula is C22H24N2O4S2. The van der Waals surface area contributed by atoms with Crippen molar-refractivity contribution in [2.75, 3.05) is 9.44 Å². The Balaban J connectivity index is 1.87. The van der Waals surface area contributed by atoms with Crippen molar-refractivity contribution in [3.05, 3.63) is 82.9 Å². The van der Waals surface area contributed by atoms with E-state index in [0.29, 0.717) is 0 Å². The quantitative estimate of drug-likeness (QED) is 0.585. The molecule has 3 aromatic rings. The highest BCUT2D eigenvalue weighted by Crippen LogP contribution is 2.24. The van der Waals surface area contributed by atoms with Crippen LogP contribution >= 0.6 is 0 Å². The van der Waals surface area contributed by atoms with Gasteiger partial charge in [0.1, 0.15) is 0 Å². The maximum absolute atomic E-state index is 12.7. The summed E-state index contributed by atoms with van der Waals surface area (Å²) in [6.45, 7) is 7.31. The van der Waals surface area contributed by atoms with Crippen LogP contribution in [0.1, 0.15) is 22.3 Å². The highest BCUT2D eigenvalue weighted by molar-refractivity contribution is 7.93. The lowest BCUT2D eigenvalue weighted by atomic mass is 10.2. The van der Waals surface area contributed by atoms with E-state index in [1.807, 2.05) is 39.8 Å². The Labute approximate surface area is 178 Å². The van der Waals surface area contributed by atoms with Crippen molar-refractivity contribution in [2.45, 2.75) is 37.5 Å². The fourth-order valence-electron chi connectivity index (χ4n) is 3.25. The zero-order valence-corrected chi connectivity index (χ0v) is 18.9. The molecule has 0 spiro atoms. The van der Waals surface area contributed by atoms with Crippen LogP contribution in [0.5, 0.6) is 0 Å². The number of hydrogen-bond donors (Lipinski definition) is 2. The predicted molar refractivity (Wildman–Crippen MR) is 120 cm³/mol. The third kappa shape index (κ3) is 5.20. The van der Waals surface area contributed by atoms with Gasteiger partial charge < -0.3 is 0 Å². The van der Waals surface area contributed by atoms with Gasteiger partial charge in [-0.3, -0.25) is 9.44 Å². The zero-order valence-electron chi connectivity index (χ0n) is 17.2. The van der Waals surface area contributed by atoms with Gasteiger partial charge >= 0.3 is 0 Å². The van der Waals surface area contributed by atoms with Gasteiger partial charge in [0.25, 0.3) is 20.0 Å². The molecule has 0 saturated heterocycles. The predicted octanol–water partition coefficient (Wildman–Crippen LogP) is 4.52. The lowest BCUT2D eigenvalue weighted by molar-refractivity contribution is 0.599. The Hall–Kier alpha value is -2.84. The first-order valence-corrected chi connectivity index (χ1v) is 12.2. The van der Waals surface area contributed by atoms with Crippen LogP contribution in [-0.2, 0) is 20.0 Å². The molecule has 0 saturated carbocycles. The molecular weight excluding hydrogens is 420 g/mol. The molecule has 0 fully saturated rings. The van der Waals surface area contributed by atoms with E-state index in [-0.39, 0.29) is 21.2 Å². The van der Waals surface area contributed by atoms with Crippen molar-refractivity contribution < 1.29 is 16.8 Å². The average Bonchev–Trinajstić information content (AvgIpc) is 2.59. The molecule has 3 aromatic carbocycles. The summed E-state index contributed by atoms with van der Waals surface area (Å²) < 4.78 is 56.0. The van der Waals surface area contributed by atoms with Gasteiger partial charge in [-0.15, -0.1) is 0 Å². The van der Waals surface area contributed by atoms with Crippen LogP contribution in [0.4, 0.5) is 11.4 Å². The zero-order chi connectivity index (χ0) is 22.1. The van der Waals surface area contributed by atoms with Crippen LogP contribution < -0.4 is 9.44 Å². The molecule has 0 radical (unpaired) electrons. The number of anilines is 2. The van der Waals surface area contributed by atoms with Crippen molar-refractivity contribution in [1.29, 1.82) is 0 Å². The van der Waals surface area contributed by atoms with Crippen molar-refractivity contribution in [1.82, 2.24) is 0 Å². The van der Waals surface area contributed by atoms with Gasteiger partial charge in [0.15, 0.2) is 0 Å². The molecule has 0 aliphatic carbocycles. The second kappa shape index (κ2) is 8.12. The third-order valence-electron chi connectivity index (χ3n) is 4.38. The summed E-state index contributed by atoms with van der Waals surface area (Å²) in [7, 11) is -7.62. The molecule has 8 heteroatoms. The van der Waals surface area contributed by atoms with Gasteiger partial charge in [0, 0.05) is 0 Å². The van der Waals surface area contributed by atoms with Gasteiger partial charge in [0.05, 0.1) is 21.2 Å². The number of rotatable bonds is 6. The minimum atomic E-state index is -3.81. The van der Waals surface area contributed by atoms with Crippen molar-refractivity contribution in [3.63, 3.8) is 0 Å². The fourth-order valence-corrected chi connectivity index (χ4v) is 5.72. The first-order chi connectivity index (χ1) is 13.9. The van der Waals surface area contributed by atoms with E-state index >= 15 is 0 Å². The van der Waals surface area contributed by atoms with Gasteiger partial charge in [-0.1, -0.05) is 18.2 Å². The molecule has 0 aliphatic rings. The molecule has 3 rings (SSSR count). The summed E-state index contributed by atoms with van der Waals surface area (Å²) >= 11 is 0. The molecule has 0 bridgehead atoms. The summed E-state index contributed by atoms with van der Waals surface area (Å²) in [5.74, 6) is 0. The van der Waals surface area contributed by atoms with E-state index in [4.69, 9.17) is 0 Å². The first kappa shape index (κ1) is 21.9. The summed E-state index contributed by atoms with van der Waals surface area (Å²) in [6.07, 6.45) is 0. The minimum absolute atomic E-state index is 0.154. The third-order valence-corrected chi connectivity index (χ3v) is 7.10. The maximum Gasteiger partial charge on any atom is 0.261 e. The molecule has 158 valence electrons. The Morgan fingerprint density at radius 3 is 1.20 bits per heavy atom. The number of hydrogen-bond acceptors (Lipinski definition) is 4. The fraction of sp³-hybridized carbons (Fsp3) is 0.182. The standard InChI is InChI=1S/C22H24N2O4S2/c1-15-8-16(2)11-21(10-15)29(25,26)23-19-6-5-7-20(14-19)24-30(27,28)22-12-17(3)9-18(4)13-22/h5-14,23-24H,1-4H3. The lowest BCUT2D eigenvalue weighted by Crippen LogP contribution is -2.15. The molecule has 0 unspecified atom stereocenters. The maximum atomic E-state index is 12.7. The van der Waals surface area contributed by atoms with Crippen LogP contribution in [0.15, 0.2) is 70.5 Å². The van der Waals surface area contributed by atoms with E-state index < -0.39 is 20.0 Å².